The molecule has 0 nitrogen and oxygen atoms in total. The van der Waals surface area contributed by atoms with Crippen molar-refractivity contribution in [3.8, 4) is 0 Å². The minimum absolute atomic E-state index is 0.671. The van der Waals surface area contributed by atoms with Crippen molar-refractivity contribution < 1.29 is 0 Å². The van der Waals surface area contributed by atoms with Crippen molar-refractivity contribution in [2.75, 3.05) is 0 Å². The van der Waals surface area contributed by atoms with Crippen molar-refractivity contribution in [1.82, 2.24) is 0 Å². The molecule has 0 N–H and O–H groups in total. The Kier molecular flexibility index (Phi) is 3.01. The summed E-state index contributed by atoms with van der Waals surface area (Å²) in [5, 5.41) is 2.43. The summed E-state index contributed by atoms with van der Waals surface area (Å²) in [6, 6.07) is 20.5. The first-order valence-corrected chi connectivity index (χ1v) is 5.94. The Hall–Kier alpha value is -1.07. The summed E-state index contributed by atoms with van der Waals surface area (Å²) in [5.74, 6) is 0. The lowest BCUT2D eigenvalue weighted by atomic mass is 10.4. The molecule has 0 saturated carbocycles. The van der Waals surface area contributed by atoms with E-state index in [-0.39, 0.29) is 0 Å². The molecule has 0 saturated heterocycles. The topological polar surface area (TPSA) is 0 Å². The molecule has 2 heteroatoms. The maximum absolute atomic E-state index is 6.18. The molecule has 0 atom stereocenters. The Morgan fingerprint density at radius 2 is 1.00 bits per heavy atom. The molecular weight excluding hydrogens is 186 g/mol. The van der Waals surface area contributed by atoms with Gasteiger partial charge < -0.3 is 0 Å². The van der Waals surface area contributed by atoms with Crippen molar-refractivity contribution in [1.29, 1.82) is 0 Å². The SMILES string of the molecule is [B]P(c1ccccc1)c1ccccc1. The van der Waals surface area contributed by atoms with E-state index in [4.69, 9.17) is 7.57 Å². The van der Waals surface area contributed by atoms with E-state index >= 15 is 0 Å². The first-order valence-electron chi connectivity index (χ1n) is 4.53. The molecule has 0 aromatic heterocycles. The van der Waals surface area contributed by atoms with Crippen LogP contribution in [0.15, 0.2) is 60.7 Å². The van der Waals surface area contributed by atoms with E-state index in [0.29, 0.717) is 0 Å². The average Bonchev–Trinajstić information content (AvgIpc) is 2.30. The van der Waals surface area contributed by atoms with E-state index in [1.54, 1.807) is 0 Å². The van der Waals surface area contributed by atoms with Crippen LogP contribution in [0.1, 0.15) is 0 Å². The Morgan fingerprint density at radius 1 is 0.643 bits per heavy atom. The fraction of sp³-hybridized carbons (Fsp3) is 0. The fourth-order valence-corrected chi connectivity index (χ4v) is 2.61. The van der Waals surface area contributed by atoms with Crippen LogP contribution < -0.4 is 10.6 Å². The van der Waals surface area contributed by atoms with Gasteiger partial charge >= 0.3 is 0 Å². The lowest BCUT2D eigenvalue weighted by Crippen LogP contribution is -2.10. The van der Waals surface area contributed by atoms with Gasteiger partial charge in [-0.3, -0.25) is 0 Å². The summed E-state index contributed by atoms with van der Waals surface area (Å²) in [4.78, 5) is 0. The van der Waals surface area contributed by atoms with Gasteiger partial charge in [0.05, 0.1) is 0 Å². The molecule has 0 aliphatic rings. The molecule has 66 valence electrons. The summed E-state index contributed by atoms with van der Waals surface area (Å²) in [5.41, 5.74) is 0. The smallest absolute Gasteiger partial charge is 0.0961 e. The van der Waals surface area contributed by atoms with E-state index in [1.165, 1.54) is 10.6 Å². The van der Waals surface area contributed by atoms with E-state index in [1.807, 2.05) is 36.4 Å². The molecule has 0 fully saturated rings. The van der Waals surface area contributed by atoms with Gasteiger partial charge in [-0.15, -0.1) is 0 Å². The molecule has 2 radical (unpaired) electrons. The highest BCUT2D eigenvalue weighted by atomic mass is 31.1. The second kappa shape index (κ2) is 4.44. The maximum atomic E-state index is 6.18. The van der Waals surface area contributed by atoms with Crippen molar-refractivity contribution in [3.63, 3.8) is 0 Å². The molecule has 0 heterocycles. The van der Waals surface area contributed by atoms with Crippen LogP contribution in [-0.4, -0.2) is 7.57 Å². The fourth-order valence-electron chi connectivity index (χ4n) is 1.33. The largest absolute Gasteiger partial charge is 0.121 e. The average molecular weight is 196 g/mol. The first kappa shape index (κ1) is 9.49. The highest BCUT2D eigenvalue weighted by Gasteiger charge is 2.04. The Morgan fingerprint density at radius 3 is 1.36 bits per heavy atom. The van der Waals surface area contributed by atoms with Gasteiger partial charge in [-0.05, 0) is 10.6 Å². The lowest BCUT2D eigenvalue weighted by molar-refractivity contribution is 1.76. The summed E-state index contributed by atoms with van der Waals surface area (Å²) in [7, 11) is 5.51. The van der Waals surface area contributed by atoms with Crippen molar-refractivity contribution in [3.05, 3.63) is 60.7 Å². The molecule has 2 aromatic rings. The molecule has 0 bridgehead atoms. The van der Waals surface area contributed by atoms with E-state index in [0.717, 1.165) is 0 Å². The Bertz CT molecular complexity index is 346. The molecule has 14 heavy (non-hydrogen) atoms. The van der Waals surface area contributed by atoms with Crippen LogP contribution in [0.5, 0.6) is 0 Å². The number of rotatable bonds is 2. The minimum Gasteiger partial charge on any atom is -0.0961 e. The van der Waals surface area contributed by atoms with E-state index < -0.39 is 7.80 Å². The number of hydrogen-bond donors (Lipinski definition) is 0. The molecule has 0 aliphatic heterocycles. The Labute approximate surface area is 87.1 Å². The highest BCUT2D eigenvalue weighted by Crippen LogP contribution is 2.26. The van der Waals surface area contributed by atoms with Crippen LogP contribution in [0.2, 0.25) is 0 Å². The van der Waals surface area contributed by atoms with Gasteiger partial charge in [0, 0.05) is 0 Å². The Balaban J connectivity index is 2.30. The summed E-state index contributed by atoms with van der Waals surface area (Å²) < 4.78 is 0. The molecule has 2 rings (SSSR count). The third kappa shape index (κ3) is 2.05. The molecular formula is C12H10BP. The van der Waals surface area contributed by atoms with Gasteiger partial charge in [0.2, 0.25) is 0 Å². The zero-order valence-electron chi connectivity index (χ0n) is 7.80. The van der Waals surface area contributed by atoms with Crippen LogP contribution in [0.4, 0.5) is 0 Å². The standard InChI is InChI=1S/C12H10BP/c13-14(11-7-3-1-4-8-11)12-9-5-2-6-10-12/h1-10H. The molecule has 0 amide bonds. The zero-order valence-corrected chi connectivity index (χ0v) is 8.69. The first-order chi connectivity index (χ1) is 6.88. The maximum Gasteiger partial charge on any atom is 0.121 e. The third-order valence-corrected chi connectivity index (χ3v) is 3.78. The van der Waals surface area contributed by atoms with Crippen LogP contribution in [-0.2, 0) is 0 Å². The molecule has 0 aliphatic carbocycles. The third-order valence-electron chi connectivity index (χ3n) is 2.07. The van der Waals surface area contributed by atoms with Gasteiger partial charge in [-0.1, -0.05) is 68.5 Å². The van der Waals surface area contributed by atoms with Gasteiger partial charge in [0.15, 0.2) is 0 Å². The van der Waals surface area contributed by atoms with E-state index in [2.05, 4.69) is 24.3 Å². The lowest BCUT2D eigenvalue weighted by Gasteiger charge is -2.12. The van der Waals surface area contributed by atoms with E-state index in [9.17, 15) is 0 Å². The molecule has 0 unspecified atom stereocenters. The molecule has 2 aromatic carbocycles. The van der Waals surface area contributed by atoms with Gasteiger partial charge in [-0.2, -0.15) is 0 Å². The van der Waals surface area contributed by atoms with Crippen LogP contribution in [0.25, 0.3) is 0 Å². The van der Waals surface area contributed by atoms with Gasteiger partial charge in [-0.25, -0.2) is 0 Å². The van der Waals surface area contributed by atoms with Crippen molar-refractivity contribution >= 4 is 26.0 Å². The minimum atomic E-state index is -0.671. The second-order valence-electron chi connectivity index (χ2n) is 3.04. The number of benzene rings is 2. The number of hydrogen-bond acceptors (Lipinski definition) is 0. The predicted octanol–water partition coefficient (Wildman–Crippen LogP) is 2.20. The highest BCUT2D eigenvalue weighted by molar-refractivity contribution is 7.94. The zero-order chi connectivity index (χ0) is 9.80. The van der Waals surface area contributed by atoms with Crippen molar-refractivity contribution in [2.45, 2.75) is 0 Å². The molecule has 0 spiro atoms. The quantitative estimate of drug-likeness (QED) is 0.510. The summed E-state index contributed by atoms with van der Waals surface area (Å²) in [6.45, 7) is 0. The summed E-state index contributed by atoms with van der Waals surface area (Å²) in [6.07, 6.45) is 0. The van der Waals surface area contributed by atoms with Crippen molar-refractivity contribution in [2.24, 2.45) is 0 Å². The van der Waals surface area contributed by atoms with Crippen LogP contribution in [0.3, 0.4) is 0 Å². The monoisotopic (exact) mass is 196 g/mol. The van der Waals surface area contributed by atoms with Crippen LogP contribution in [0, 0.1) is 0 Å². The normalized spacial score (nSPS) is 10.4. The summed E-state index contributed by atoms with van der Waals surface area (Å²) >= 11 is 0. The second-order valence-corrected chi connectivity index (χ2v) is 4.81. The van der Waals surface area contributed by atoms with Crippen LogP contribution >= 0.6 is 7.80 Å². The predicted molar refractivity (Wildman–Crippen MR) is 64.8 cm³/mol. The van der Waals surface area contributed by atoms with Gasteiger partial charge in [0.1, 0.15) is 7.57 Å². The van der Waals surface area contributed by atoms with Gasteiger partial charge in [0.25, 0.3) is 0 Å².